The number of halogens is 1. The van der Waals surface area contributed by atoms with Crippen LogP contribution in [0.3, 0.4) is 0 Å². The molecule has 0 fully saturated rings. The molecule has 1 aromatic carbocycles. The molecule has 1 atom stereocenters. The number of methoxy groups -OCH3 is 1. The first-order valence-electron chi connectivity index (χ1n) is 5.33. The van der Waals surface area contributed by atoms with Gasteiger partial charge in [-0.15, -0.1) is 5.48 Å². The molecule has 0 spiro atoms. The fraction of sp³-hybridized carbons (Fsp3) is 0.333. The van der Waals surface area contributed by atoms with Gasteiger partial charge in [0.05, 0.1) is 25.6 Å². The summed E-state index contributed by atoms with van der Waals surface area (Å²) in [6.45, 7) is -0.270. The molecule has 0 amide bonds. The summed E-state index contributed by atoms with van der Waals surface area (Å²) in [6, 6.07) is 8.28. The number of hydrogen-bond acceptors (Lipinski definition) is 5. The van der Waals surface area contributed by atoms with Crippen LogP contribution >= 0.6 is 0 Å². The van der Waals surface area contributed by atoms with E-state index in [4.69, 9.17) is 0 Å². The van der Waals surface area contributed by atoms with E-state index >= 15 is 0 Å². The predicted molar refractivity (Wildman–Crippen MR) is 61.4 cm³/mol. The molecule has 0 aliphatic rings. The number of benzene rings is 1. The number of alkyl halides is 1. The average molecular weight is 255 g/mol. The lowest BCUT2D eigenvalue weighted by Crippen LogP contribution is -2.28. The van der Waals surface area contributed by atoms with E-state index in [2.05, 4.69) is 15.1 Å². The Morgan fingerprint density at radius 2 is 2.00 bits per heavy atom. The molecular weight excluding hydrogens is 241 g/mol. The van der Waals surface area contributed by atoms with E-state index in [0.29, 0.717) is 5.56 Å². The normalized spacial score (nSPS) is 11.7. The number of rotatable bonds is 6. The van der Waals surface area contributed by atoms with Gasteiger partial charge in [-0.3, -0.25) is 4.79 Å². The Balaban J connectivity index is 2.26. The van der Waals surface area contributed by atoms with Crippen molar-refractivity contribution in [2.24, 2.45) is 0 Å². The molecule has 98 valence electrons. The van der Waals surface area contributed by atoms with E-state index < -0.39 is 18.1 Å². The van der Waals surface area contributed by atoms with Crippen molar-refractivity contribution in [3.63, 3.8) is 0 Å². The highest BCUT2D eigenvalue weighted by atomic mass is 19.1. The standard InChI is InChI=1S/C12H14FNO4/c1-17-11(15)7-10(13)8-14-18-12(16)9-5-3-2-4-6-9/h2-6,10,14H,7-8H2,1H3/t10-/m1/s1. The van der Waals surface area contributed by atoms with E-state index in [9.17, 15) is 14.0 Å². The molecular formula is C12H14FNO4. The molecule has 1 N–H and O–H groups in total. The summed E-state index contributed by atoms with van der Waals surface area (Å²) in [6.07, 6.45) is -1.85. The van der Waals surface area contributed by atoms with Crippen molar-refractivity contribution < 1.29 is 23.6 Å². The minimum atomic E-state index is -1.47. The number of esters is 1. The van der Waals surface area contributed by atoms with Gasteiger partial charge < -0.3 is 9.57 Å². The molecule has 1 aromatic rings. The predicted octanol–water partition coefficient (Wildman–Crippen LogP) is 1.25. The van der Waals surface area contributed by atoms with Crippen molar-refractivity contribution in [2.75, 3.05) is 13.7 Å². The summed E-state index contributed by atoms with van der Waals surface area (Å²) >= 11 is 0. The van der Waals surface area contributed by atoms with Gasteiger partial charge in [0.25, 0.3) is 0 Å². The van der Waals surface area contributed by atoms with E-state index in [1.54, 1.807) is 30.3 Å². The number of hydrogen-bond donors (Lipinski definition) is 1. The lowest BCUT2D eigenvalue weighted by Gasteiger charge is -2.08. The smallest absolute Gasteiger partial charge is 0.356 e. The highest BCUT2D eigenvalue weighted by Crippen LogP contribution is 2.01. The van der Waals surface area contributed by atoms with Gasteiger partial charge in [-0.2, -0.15) is 0 Å². The SMILES string of the molecule is COC(=O)C[C@@H](F)CNOC(=O)c1ccccc1. The van der Waals surface area contributed by atoms with Gasteiger partial charge >= 0.3 is 11.9 Å². The van der Waals surface area contributed by atoms with Crippen LogP contribution in [-0.2, 0) is 14.4 Å². The Labute approximate surface area is 104 Å². The highest BCUT2D eigenvalue weighted by Gasteiger charge is 2.14. The van der Waals surface area contributed by atoms with Gasteiger partial charge in [-0.05, 0) is 12.1 Å². The van der Waals surface area contributed by atoms with Gasteiger partial charge in [0, 0.05) is 0 Å². The lowest BCUT2D eigenvalue weighted by molar-refractivity contribution is -0.142. The second kappa shape index (κ2) is 7.39. The number of nitrogens with one attached hydrogen (secondary N) is 1. The zero-order valence-electron chi connectivity index (χ0n) is 9.89. The van der Waals surface area contributed by atoms with Crippen LogP contribution in [0.25, 0.3) is 0 Å². The van der Waals surface area contributed by atoms with Crippen LogP contribution in [0.4, 0.5) is 4.39 Å². The van der Waals surface area contributed by atoms with E-state index in [0.717, 1.165) is 0 Å². The molecule has 0 aliphatic heterocycles. The van der Waals surface area contributed by atoms with Gasteiger partial charge in [0.2, 0.25) is 0 Å². The van der Waals surface area contributed by atoms with Gasteiger partial charge in [0.15, 0.2) is 0 Å². The Kier molecular flexibility index (Phi) is 5.79. The van der Waals surface area contributed by atoms with Crippen LogP contribution in [0.2, 0.25) is 0 Å². The number of hydroxylamine groups is 1. The monoisotopic (exact) mass is 255 g/mol. The third-order valence-electron chi connectivity index (χ3n) is 2.10. The molecule has 5 nitrogen and oxygen atoms in total. The van der Waals surface area contributed by atoms with Crippen LogP contribution < -0.4 is 5.48 Å². The van der Waals surface area contributed by atoms with Gasteiger partial charge in [-0.1, -0.05) is 18.2 Å². The Morgan fingerprint density at radius 1 is 1.33 bits per heavy atom. The van der Waals surface area contributed by atoms with Crippen molar-refractivity contribution >= 4 is 11.9 Å². The van der Waals surface area contributed by atoms with E-state index in [-0.39, 0.29) is 13.0 Å². The number of ether oxygens (including phenoxy) is 1. The van der Waals surface area contributed by atoms with Crippen LogP contribution in [0.1, 0.15) is 16.8 Å². The topological polar surface area (TPSA) is 64.6 Å². The van der Waals surface area contributed by atoms with Crippen molar-refractivity contribution in [1.29, 1.82) is 0 Å². The molecule has 0 aliphatic carbocycles. The van der Waals surface area contributed by atoms with Crippen LogP contribution in [0.5, 0.6) is 0 Å². The quantitative estimate of drug-likeness (QED) is 0.612. The zero-order valence-corrected chi connectivity index (χ0v) is 9.89. The molecule has 0 saturated heterocycles. The minimum absolute atomic E-state index is 0.270. The van der Waals surface area contributed by atoms with Gasteiger partial charge in [0.1, 0.15) is 6.17 Å². The second-order valence-electron chi connectivity index (χ2n) is 3.48. The van der Waals surface area contributed by atoms with Crippen molar-refractivity contribution in [2.45, 2.75) is 12.6 Å². The molecule has 0 saturated carbocycles. The first-order valence-corrected chi connectivity index (χ1v) is 5.33. The highest BCUT2D eigenvalue weighted by molar-refractivity contribution is 5.89. The zero-order chi connectivity index (χ0) is 13.4. The summed E-state index contributed by atoms with van der Waals surface area (Å²) in [5, 5.41) is 0. The average Bonchev–Trinajstić information content (AvgIpc) is 2.39. The molecule has 0 aromatic heterocycles. The molecule has 0 heterocycles. The van der Waals surface area contributed by atoms with Crippen molar-refractivity contribution in [3.8, 4) is 0 Å². The maximum Gasteiger partial charge on any atom is 0.356 e. The van der Waals surface area contributed by atoms with E-state index in [1.165, 1.54) is 7.11 Å². The molecule has 6 heteroatoms. The third-order valence-corrected chi connectivity index (χ3v) is 2.10. The molecule has 0 radical (unpaired) electrons. The minimum Gasteiger partial charge on any atom is -0.469 e. The van der Waals surface area contributed by atoms with Gasteiger partial charge in [-0.25, -0.2) is 9.18 Å². The summed E-state index contributed by atoms with van der Waals surface area (Å²) < 4.78 is 17.4. The Bertz CT molecular complexity index is 396. The summed E-state index contributed by atoms with van der Waals surface area (Å²) in [5.74, 6) is -1.26. The molecule has 1 rings (SSSR count). The Morgan fingerprint density at radius 3 is 2.61 bits per heavy atom. The first kappa shape index (κ1) is 14.1. The molecule has 0 bridgehead atoms. The number of carbonyl (C=O) groups is 2. The fourth-order valence-corrected chi connectivity index (χ4v) is 1.17. The van der Waals surface area contributed by atoms with Crippen LogP contribution in [0.15, 0.2) is 30.3 Å². The maximum atomic E-state index is 13.1. The van der Waals surface area contributed by atoms with Crippen molar-refractivity contribution in [1.82, 2.24) is 5.48 Å². The maximum absolute atomic E-state index is 13.1. The summed E-state index contributed by atoms with van der Waals surface area (Å²) in [5.41, 5.74) is 2.54. The first-order chi connectivity index (χ1) is 8.63. The molecule has 18 heavy (non-hydrogen) atoms. The fourth-order valence-electron chi connectivity index (χ4n) is 1.17. The number of carbonyl (C=O) groups excluding carboxylic acids is 2. The van der Waals surface area contributed by atoms with Crippen molar-refractivity contribution in [3.05, 3.63) is 35.9 Å². The Hall–Kier alpha value is -1.95. The summed E-state index contributed by atoms with van der Waals surface area (Å²) in [4.78, 5) is 26.8. The lowest BCUT2D eigenvalue weighted by atomic mass is 10.2. The van der Waals surface area contributed by atoms with Crippen LogP contribution in [0, 0.1) is 0 Å². The molecule has 0 unspecified atom stereocenters. The van der Waals surface area contributed by atoms with E-state index in [1.807, 2.05) is 0 Å². The summed E-state index contributed by atoms with van der Waals surface area (Å²) in [7, 11) is 1.18. The third kappa shape index (κ3) is 4.92. The largest absolute Gasteiger partial charge is 0.469 e. The second-order valence-corrected chi connectivity index (χ2v) is 3.48. The van der Waals surface area contributed by atoms with Crippen LogP contribution in [-0.4, -0.2) is 31.8 Å².